The second-order valence-electron chi connectivity index (χ2n) is 9.05. The Hall–Kier alpha value is -1.74. The van der Waals surface area contributed by atoms with E-state index >= 15 is 0 Å². The van der Waals surface area contributed by atoms with E-state index in [0.717, 1.165) is 41.7 Å². The summed E-state index contributed by atoms with van der Waals surface area (Å²) in [5, 5.41) is 20.8. The van der Waals surface area contributed by atoms with E-state index in [9.17, 15) is 10.2 Å². The van der Waals surface area contributed by atoms with E-state index in [-0.39, 0.29) is 17.1 Å². The summed E-state index contributed by atoms with van der Waals surface area (Å²) < 4.78 is 6.47. The Labute approximate surface area is 157 Å². The minimum absolute atomic E-state index is 0.0542. The number of fused-ring (bicyclic) bond motifs is 2. The predicted octanol–water partition coefficient (Wildman–Crippen LogP) is 5.08. The van der Waals surface area contributed by atoms with Crippen molar-refractivity contribution in [3.8, 4) is 11.5 Å². The Morgan fingerprint density at radius 2 is 1.85 bits per heavy atom. The van der Waals surface area contributed by atoms with Crippen molar-refractivity contribution in [2.75, 3.05) is 0 Å². The summed E-state index contributed by atoms with van der Waals surface area (Å²) >= 11 is 0. The number of hydrogen-bond acceptors (Lipinski definition) is 3. The van der Waals surface area contributed by atoms with Gasteiger partial charge in [0.25, 0.3) is 0 Å². The van der Waals surface area contributed by atoms with Crippen molar-refractivity contribution in [2.45, 2.75) is 72.0 Å². The summed E-state index contributed by atoms with van der Waals surface area (Å²) in [7, 11) is 0. The molecule has 0 saturated heterocycles. The van der Waals surface area contributed by atoms with Gasteiger partial charge >= 0.3 is 0 Å². The van der Waals surface area contributed by atoms with Gasteiger partial charge in [0.2, 0.25) is 0 Å². The second kappa shape index (κ2) is 6.77. The third-order valence-electron chi connectivity index (χ3n) is 6.15. The molecule has 3 rings (SSSR count). The summed E-state index contributed by atoms with van der Waals surface area (Å²) in [4.78, 5) is 0. The molecule has 0 fully saturated rings. The van der Waals surface area contributed by atoms with Crippen molar-refractivity contribution in [1.29, 1.82) is 0 Å². The number of allylic oxidation sites excluding steroid dienone is 2. The van der Waals surface area contributed by atoms with Crippen LogP contribution in [0.1, 0.15) is 58.1 Å². The molecule has 1 aromatic rings. The average molecular weight is 357 g/mol. The molecule has 1 aliphatic heterocycles. The summed E-state index contributed by atoms with van der Waals surface area (Å²) in [5.74, 6) is 1.24. The molecule has 3 nitrogen and oxygen atoms in total. The van der Waals surface area contributed by atoms with Gasteiger partial charge in [0, 0.05) is 18.4 Å². The molecule has 0 saturated carbocycles. The topological polar surface area (TPSA) is 49.7 Å². The molecule has 142 valence electrons. The van der Waals surface area contributed by atoms with Gasteiger partial charge in [-0.05, 0) is 68.2 Å². The third-order valence-corrected chi connectivity index (χ3v) is 6.15. The van der Waals surface area contributed by atoms with Crippen molar-refractivity contribution in [2.24, 2.45) is 11.3 Å². The number of phenolic OH excluding ortho intramolecular Hbond substituents is 1. The van der Waals surface area contributed by atoms with Crippen molar-refractivity contribution >= 4 is 0 Å². The largest absolute Gasteiger partial charge is 0.508 e. The number of aliphatic hydroxyl groups is 1. The number of aromatic hydroxyl groups is 1. The zero-order chi connectivity index (χ0) is 19.1. The van der Waals surface area contributed by atoms with Crippen LogP contribution >= 0.6 is 0 Å². The maximum atomic E-state index is 10.8. The Balaban J connectivity index is 2.02. The van der Waals surface area contributed by atoms with Gasteiger partial charge in [-0.1, -0.05) is 32.1 Å². The first-order valence-corrected chi connectivity index (χ1v) is 9.63. The van der Waals surface area contributed by atoms with Gasteiger partial charge in [-0.2, -0.15) is 0 Å². The fourth-order valence-electron chi connectivity index (χ4n) is 4.15. The zero-order valence-electron chi connectivity index (χ0n) is 16.7. The Morgan fingerprint density at radius 3 is 2.58 bits per heavy atom. The summed E-state index contributed by atoms with van der Waals surface area (Å²) in [6.07, 6.45) is 9.49. The molecule has 26 heavy (non-hydrogen) atoms. The van der Waals surface area contributed by atoms with Gasteiger partial charge in [0.05, 0.1) is 6.10 Å². The maximum Gasteiger partial charge on any atom is 0.127 e. The van der Waals surface area contributed by atoms with Crippen LogP contribution in [0.3, 0.4) is 0 Å². The monoisotopic (exact) mass is 356 g/mol. The molecular formula is C23H32O3. The minimum atomic E-state index is -0.448. The van der Waals surface area contributed by atoms with Gasteiger partial charge in [-0.3, -0.25) is 0 Å². The van der Waals surface area contributed by atoms with Gasteiger partial charge in [-0.15, -0.1) is 0 Å². The SMILES string of the molecule is CC1=CCC(C)(C)C=CCC2(C)Oc3cc(O)cc(C)c3CC2CC1O. The van der Waals surface area contributed by atoms with Crippen molar-refractivity contribution in [3.05, 3.63) is 47.1 Å². The molecular weight excluding hydrogens is 324 g/mol. The fraction of sp³-hybridized carbons (Fsp3) is 0.565. The van der Waals surface area contributed by atoms with Gasteiger partial charge in [-0.25, -0.2) is 0 Å². The lowest BCUT2D eigenvalue weighted by atomic mass is 9.75. The molecule has 0 spiro atoms. The molecule has 0 bridgehead atoms. The first-order valence-electron chi connectivity index (χ1n) is 9.63. The van der Waals surface area contributed by atoms with Crippen LogP contribution in [0.2, 0.25) is 0 Å². The molecule has 1 heterocycles. The van der Waals surface area contributed by atoms with E-state index in [1.54, 1.807) is 12.1 Å². The molecule has 1 aliphatic carbocycles. The van der Waals surface area contributed by atoms with Crippen molar-refractivity contribution < 1.29 is 14.9 Å². The molecule has 3 atom stereocenters. The van der Waals surface area contributed by atoms with Gasteiger partial charge in [0.15, 0.2) is 0 Å². The van der Waals surface area contributed by atoms with Crippen molar-refractivity contribution in [3.63, 3.8) is 0 Å². The smallest absolute Gasteiger partial charge is 0.127 e. The molecule has 2 aliphatic rings. The number of aliphatic hydroxyl groups excluding tert-OH is 1. The van der Waals surface area contributed by atoms with Gasteiger partial charge in [0.1, 0.15) is 17.1 Å². The lowest BCUT2D eigenvalue weighted by Crippen LogP contribution is -2.46. The van der Waals surface area contributed by atoms with Crippen LogP contribution in [-0.4, -0.2) is 21.9 Å². The normalized spacial score (nSPS) is 31.1. The molecule has 0 aromatic heterocycles. The molecule has 3 unspecified atom stereocenters. The predicted molar refractivity (Wildman–Crippen MR) is 106 cm³/mol. The van der Waals surface area contributed by atoms with Crippen molar-refractivity contribution in [1.82, 2.24) is 0 Å². The molecule has 0 radical (unpaired) electrons. The van der Waals surface area contributed by atoms with Crippen LogP contribution in [0.15, 0.2) is 35.9 Å². The van der Waals surface area contributed by atoms with Crippen LogP contribution in [-0.2, 0) is 6.42 Å². The van der Waals surface area contributed by atoms with E-state index in [2.05, 4.69) is 39.0 Å². The molecule has 2 N–H and O–H groups in total. The highest BCUT2D eigenvalue weighted by Crippen LogP contribution is 2.44. The summed E-state index contributed by atoms with van der Waals surface area (Å²) in [6, 6.07) is 3.52. The zero-order valence-corrected chi connectivity index (χ0v) is 16.7. The molecule has 3 heteroatoms. The average Bonchev–Trinajstić information content (AvgIpc) is 2.54. The number of aryl methyl sites for hydroxylation is 1. The van der Waals surface area contributed by atoms with Crippen LogP contribution < -0.4 is 4.74 Å². The maximum absolute atomic E-state index is 10.8. The van der Waals surface area contributed by atoms with Crippen LogP contribution in [0, 0.1) is 18.3 Å². The Bertz CT molecular complexity index is 744. The fourth-order valence-corrected chi connectivity index (χ4v) is 4.15. The highest BCUT2D eigenvalue weighted by molar-refractivity contribution is 5.47. The van der Waals surface area contributed by atoms with E-state index in [4.69, 9.17) is 4.74 Å². The van der Waals surface area contributed by atoms with Gasteiger partial charge < -0.3 is 14.9 Å². The standard InChI is InChI=1S/C23H32O3/c1-15-7-10-22(3,4)8-6-9-23(5)17(13-20(15)25)12-19-16(2)11-18(24)14-21(19)26-23/h6-8,11,14,17,20,24-25H,9-10,12-13H2,1-5H3. The molecule has 0 amide bonds. The van der Waals surface area contributed by atoms with Crippen LogP contribution in [0.5, 0.6) is 11.5 Å². The molecule has 1 aromatic carbocycles. The van der Waals surface area contributed by atoms with E-state index in [1.165, 1.54) is 0 Å². The van der Waals surface area contributed by atoms with E-state index in [1.807, 2.05) is 13.8 Å². The minimum Gasteiger partial charge on any atom is -0.508 e. The highest BCUT2D eigenvalue weighted by Gasteiger charge is 2.42. The van der Waals surface area contributed by atoms with Crippen LogP contribution in [0.4, 0.5) is 0 Å². The Kier molecular flexibility index (Phi) is 4.96. The number of hydrogen-bond donors (Lipinski definition) is 2. The number of rotatable bonds is 0. The number of benzene rings is 1. The summed E-state index contributed by atoms with van der Waals surface area (Å²) in [6.45, 7) is 10.6. The second-order valence-corrected chi connectivity index (χ2v) is 9.05. The van der Waals surface area contributed by atoms with E-state index < -0.39 is 11.7 Å². The first-order chi connectivity index (χ1) is 12.1. The highest BCUT2D eigenvalue weighted by atomic mass is 16.5. The Morgan fingerprint density at radius 1 is 1.12 bits per heavy atom. The van der Waals surface area contributed by atoms with E-state index in [0.29, 0.717) is 6.42 Å². The quantitative estimate of drug-likeness (QED) is 0.637. The first kappa shape index (κ1) is 19.0. The number of phenols is 1. The lowest BCUT2D eigenvalue weighted by Gasteiger charge is -2.43. The third kappa shape index (κ3) is 3.83. The van der Waals surface area contributed by atoms with Crippen LogP contribution in [0.25, 0.3) is 0 Å². The summed E-state index contributed by atoms with van der Waals surface area (Å²) in [5.41, 5.74) is 2.90. The number of ether oxygens (including phenoxy) is 1. The lowest BCUT2D eigenvalue weighted by molar-refractivity contribution is -0.00766.